The number of rotatable bonds is 10. The number of benzene rings is 2. The number of hydrogen-bond acceptors (Lipinski definition) is 7. The zero-order valence-corrected chi connectivity index (χ0v) is 19.1. The van der Waals surface area contributed by atoms with Gasteiger partial charge in [-0.1, -0.05) is 0 Å². The molecule has 0 aliphatic rings. The molecule has 172 valence electrons. The summed E-state index contributed by atoms with van der Waals surface area (Å²) >= 11 is 0. The van der Waals surface area contributed by atoms with Crippen LogP contribution in [0.2, 0.25) is 0 Å². The third kappa shape index (κ3) is 6.64. The Morgan fingerprint density at radius 2 is 1.50 bits per heavy atom. The standard InChI is InChI=1S/C23H29N3O6/c1-26(2)14-23(28)25-18-11-15(7-9-19(18)30-4)24-22(27)10-8-17-20(31-5)12-16(29-3)13-21(17)32-6/h7-13H,14H2,1-6H3,(H,24,27)(H,25,28). The van der Waals surface area contributed by atoms with E-state index in [0.717, 1.165) is 0 Å². The van der Waals surface area contributed by atoms with E-state index in [1.54, 1.807) is 62.5 Å². The van der Waals surface area contributed by atoms with Gasteiger partial charge in [-0.3, -0.25) is 9.59 Å². The summed E-state index contributed by atoms with van der Waals surface area (Å²) < 4.78 is 21.3. The molecule has 0 fully saturated rings. The van der Waals surface area contributed by atoms with Crippen LogP contribution in [0.3, 0.4) is 0 Å². The van der Waals surface area contributed by atoms with E-state index in [2.05, 4.69) is 10.6 Å². The molecule has 0 aliphatic carbocycles. The zero-order chi connectivity index (χ0) is 23.7. The van der Waals surface area contributed by atoms with Crippen molar-refractivity contribution in [1.82, 2.24) is 4.90 Å². The van der Waals surface area contributed by atoms with Crippen LogP contribution in [0.15, 0.2) is 36.4 Å². The Kier molecular flexibility index (Phi) is 8.91. The van der Waals surface area contributed by atoms with E-state index in [-0.39, 0.29) is 18.4 Å². The van der Waals surface area contributed by atoms with Crippen LogP contribution in [0.4, 0.5) is 11.4 Å². The lowest BCUT2D eigenvalue weighted by molar-refractivity contribution is -0.116. The highest BCUT2D eigenvalue weighted by Gasteiger charge is 2.13. The van der Waals surface area contributed by atoms with Gasteiger partial charge in [-0.05, 0) is 38.4 Å². The summed E-state index contributed by atoms with van der Waals surface area (Å²) in [6.45, 7) is 0.216. The van der Waals surface area contributed by atoms with Gasteiger partial charge in [0.15, 0.2) is 0 Å². The second-order valence-electron chi connectivity index (χ2n) is 6.97. The molecule has 2 aromatic carbocycles. The molecule has 0 aliphatic heterocycles. The SMILES string of the molecule is COc1cc(OC)c(C=CC(=O)Nc2ccc(OC)c(NC(=O)CN(C)C)c2)c(OC)c1. The molecule has 0 aromatic heterocycles. The Balaban J connectivity index is 2.20. The van der Waals surface area contributed by atoms with Crippen molar-refractivity contribution >= 4 is 29.3 Å². The molecular formula is C23H29N3O6. The molecule has 0 spiro atoms. The first-order chi connectivity index (χ1) is 15.3. The molecule has 0 bridgehead atoms. The average Bonchev–Trinajstić information content (AvgIpc) is 2.76. The quantitative estimate of drug-likeness (QED) is 0.545. The monoisotopic (exact) mass is 443 g/mol. The maximum atomic E-state index is 12.5. The van der Waals surface area contributed by atoms with E-state index >= 15 is 0 Å². The molecule has 32 heavy (non-hydrogen) atoms. The van der Waals surface area contributed by atoms with Crippen molar-refractivity contribution in [3.05, 3.63) is 42.0 Å². The van der Waals surface area contributed by atoms with Crippen molar-refractivity contribution in [2.75, 3.05) is 59.7 Å². The number of nitrogens with zero attached hydrogens (tertiary/aromatic N) is 1. The molecular weight excluding hydrogens is 414 g/mol. The lowest BCUT2D eigenvalue weighted by atomic mass is 10.1. The van der Waals surface area contributed by atoms with Crippen LogP contribution in [0, 0.1) is 0 Å². The molecule has 2 aromatic rings. The topological polar surface area (TPSA) is 98.4 Å². The molecule has 2 N–H and O–H groups in total. The molecule has 0 radical (unpaired) electrons. The summed E-state index contributed by atoms with van der Waals surface area (Å²) in [6, 6.07) is 8.38. The van der Waals surface area contributed by atoms with Crippen molar-refractivity contribution in [3.63, 3.8) is 0 Å². The summed E-state index contributed by atoms with van der Waals surface area (Å²) in [4.78, 5) is 26.4. The highest BCUT2D eigenvalue weighted by Crippen LogP contribution is 2.35. The van der Waals surface area contributed by atoms with Gasteiger partial charge in [-0.15, -0.1) is 0 Å². The van der Waals surface area contributed by atoms with Crippen LogP contribution >= 0.6 is 0 Å². The second kappa shape index (κ2) is 11.6. The first kappa shape index (κ1) is 24.5. The van der Waals surface area contributed by atoms with E-state index in [9.17, 15) is 9.59 Å². The van der Waals surface area contributed by atoms with Crippen LogP contribution in [0.5, 0.6) is 23.0 Å². The molecule has 9 heteroatoms. The number of methoxy groups -OCH3 is 4. The van der Waals surface area contributed by atoms with Crippen molar-refractivity contribution in [2.24, 2.45) is 0 Å². The molecule has 2 amide bonds. The summed E-state index contributed by atoms with van der Waals surface area (Å²) in [5.41, 5.74) is 1.55. The average molecular weight is 444 g/mol. The number of carbonyl (C=O) groups excluding carboxylic acids is 2. The van der Waals surface area contributed by atoms with Crippen molar-refractivity contribution < 1.29 is 28.5 Å². The smallest absolute Gasteiger partial charge is 0.248 e. The fraction of sp³-hybridized carbons (Fsp3) is 0.304. The van der Waals surface area contributed by atoms with Crippen molar-refractivity contribution in [3.8, 4) is 23.0 Å². The van der Waals surface area contributed by atoms with Crippen LogP contribution < -0.4 is 29.6 Å². The van der Waals surface area contributed by atoms with E-state index in [0.29, 0.717) is 39.9 Å². The van der Waals surface area contributed by atoms with Crippen LogP contribution in [-0.4, -0.2) is 65.8 Å². The maximum Gasteiger partial charge on any atom is 0.248 e. The molecule has 2 rings (SSSR count). The lowest BCUT2D eigenvalue weighted by Gasteiger charge is -2.14. The number of amides is 2. The Morgan fingerprint density at radius 3 is 2.03 bits per heavy atom. The van der Waals surface area contributed by atoms with Gasteiger partial charge in [-0.2, -0.15) is 0 Å². The third-order valence-electron chi connectivity index (χ3n) is 4.36. The number of hydrogen-bond donors (Lipinski definition) is 2. The number of anilines is 2. The largest absolute Gasteiger partial charge is 0.496 e. The van der Waals surface area contributed by atoms with E-state index in [1.165, 1.54) is 27.4 Å². The van der Waals surface area contributed by atoms with Gasteiger partial charge in [0.05, 0.1) is 46.2 Å². The van der Waals surface area contributed by atoms with Gasteiger partial charge in [0.1, 0.15) is 23.0 Å². The molecule has 0 saturated heterocycles. The van der Waals surface area contributed by atoms with Gasteiger partial charge in [0.2, 0.25) is 11.8 Å². The van der Waals surface area contributed by atoms with Crippen molar-refractivity contribution in [2.45, 2.75) is 0 Å². The number of carbonyl (C=O) groups is 2. The van der Waals surface area contributed by atoms with Crippen LogP contribution in [0.25, 0.3) is 6.08 Å². The van der Waals surface area contributed by atoms with Gasteiger partial charge in [-0.25, -0.2) is 0 Å². The number of likely N-dealkylation sites (N-methyl/N-ethyl adjacent to an activating group) is 1. The Bertz CT molecular complexity index is 963. The molecule has 0 saturated carbocycles. The highest BCUT2D eigenvalue weighted by atomic mass is 16.5. The lowest BCUT2D eigenvalue weighted by Crippen LogP contribution is -2.27. The minimum absolute atomic E-state index is 0.199. The Labute approximate surface area is 187 Å². The number of ether oxygens (including phenoxy) is 4. The Morgan fingerprint density at radius 1 is 0.875 bits per heavy atom. The van der Waals surface area contributed by atoms with Crippen LogP contribution in [-0.2, 0) is 9.59 Å². The summed E-state index contributed by atoms with van der Waals surface area (Å²) in [6.07, 6.45) is 2.96. The minimum atomic E-state index is -0.374. The maximum absolute atomic E-state index is 12.5. The van der Waals surface area contributed by atoms with Gasteiger partial charge in [0.25, 0.3) is 0 Å². The highest BCUT2D eigenvalue weighted by molar-refractivity contribution is 6.03. The second-order valence-corrected chi connectivity index (χ2v) is 6.97. The third-order valence-corrected chi connectivity index (χ3v) is 4.36. The molecule has 0 heterocycles. The van der Waals surface area contributed by atoms with Gasteiger partial charge in [0, 0.05) is 23.9 Å². The predicted octanol–water partition coefficient (Wildman–Crippen LogP) is 2.87. The first-order valence-electron chi connectivity index (χ1n) is 9.73. The van der Waals surface area contributed by atoms with Crippen LogP contribution in [0.1, 0.15) is 5.56 Å². The van der Waals surface area contributed by atoms with E-state index < -0.39 is 0 Å². The molecule has 0 atom stereocenters. The first-order valence-corrected chi connectivity index (χ1v) is 9.73. The normalized spacial score (nSPS) is 10.7. The van der Waals surface area contributed by atoms with E-state index in [4.69, 9.17) is 18.9 Å². The minimum Gasteiger partial charge on any atom is -0.496 e. The van der Waals surface area contributed by atoms with E-state index in [1.807, 2.05) is 0 Å². The Hall–Kier alpha value is -3.72. The predicted molar refractivity (Wildman–Crippen MR) is 124 cm³/mol. The summed E-state index contributed by atoms with van der Waals surface area (Å²) in [7, 11) is 9.69. The fourth-order valence-corrected chi connectivity index (χ4v) is 2.90. The summed E-state index contributed by atoms with van der Waals surface area (Å²) in [5.74, 6) is 1.48. The zero-order valence-electron chi connectivity index (χ0n) is 19.1. The van der Waals surface area contributed by atoms with Crippen molar-refractivity contribution in [1.29, 1.82) is 0 Å². The molecule has 0 unspecified atom stereocenters. The fourth-order valence-electron chi connectivity index (χ4n) is 2.90. The molecule has 9 nitrogen and oxygen atoms in total. The summed E-state index contributed by atoms with van der Waals surface area (Å²) in [5, 5.41) is 5.55. The van der Waals surface area contributed by atoms with Gasteiger partial charge < -0.3 is 34.5 Å². The number of nitrogens with one attached hydrogen (secondary N) is 2. The van der Waals surface area contributed by atoms with Gasteiger partial charge >= 0.3 is 0 Å².